The van der Waals surface area contributed by atoms with E-state index >= 15 is 0 Å². The van der Waals surface area contributed by atoms with E-state index in [0.29, 0.717) is 5.82 Å². The first kappa shape index (κ1) is 12.1. The Morgan fingerprint density at radius 2 is 2.11 bits per heavy atom. The zero-order valence-corrected chi connectivity index (χ0v) is 11.0. The van der Waals surface area contributed by atoms with Gasteiger partial charge in [0.25, 0.3) is 5.56 Å². The fourth-order valence-corrected chi connectivity index (χ4v) is 2.50. The van der Waals surface area contributed by atoms with Crippen LogP contribution in [-0.2, 0) is 13.0 Å². The molecule has 1 aromatic carbocycles. The molecule has 4 nitrogen and oxygen atoms in total. The van der Waals surface area contributed by atoms with Crippen molar-refractivity contribution in [2.75, 3.05) is 13.1 Å². The summed E-state index contributed by atoms with van der Waals surface area (Å²) in [7, 11) is 0. The Balaban J connectivity index is 2.06. The highest BCUT2D eigenvalue weighted by Crippen LogP contribution is 2.18. The van der Waals surface area contributed by atoms with Gasteiger partial charge in [-0.3, -0.25) is 9.69 Å². The van der Waals surface area contributed by atoms with Crippen LogP contribution >= 0.6 is 0 Å². The van der Waals surface area contributed by atoms with E-state index < -0.39 is 0 Å². The molecule has 0 radical (unpaired) electrons. The normalized spacial score (nSPS) is 15.2. The summed E-state index contributed by atoms with van der Waals surface area (Å²) in [5.74, 6) is 0.669. The molecule has 3 rings (SSSR count). The van der Waals surface area contributed by atoms with E-state index in [-0.39, 0.29) is 5.56 Å². The van der Waals surface area contributed by atoms with Crippen LogP contribution in [0.2, 0.25) is 0 Å². The maximum Gasteiger partial charge on any atom is 0.254 e. The number of aromatic nitrogens is 2. The van der Waals surface area contributed by atoms with Crippen molar-refractivity contribution < 1.29 is 0 Å². The molecule has 98 valence electrons. The Kier molecular flexibility index (Phi) is 3.17. The van der Waals surface area contributed by atoms with Gasteiger partial charge in [-0.1, -0.05) is 37.3 Å². The zero-order chi connectivity index (χ0) is 13.2. The Morgan fingerprint density at radius 3 is 2.84 bits per heavy atom. The van der Waals surface area contributed by atoms with Crippen LogP contribution in [0.15, 0.2) is 35.1 Å². The number of aromatic amines is 1. The summed E-state index contributed by atoms with van der Waals surface area (Å²) < 4.78 is 0. The SMILES string of the molecule is CCN1CCc2c(nc(-c3ccccc3)[nH]c2=O)C1. The second-order valence-electron chi connectivity index (χ2n) is 4.82. The van der Waals surface area contributed by atoms with Crippen molar-refractivity contribution in [2.24, 2.45) is 0 Å². The van der Waals surface area contributed by atoms with Crippen molar-refractivity contribution >= 4 is 0 Å². The molecule has 0 spiro atoms. The Labute approximate surface area is 112 Å². The number of likely N-dealkylation sites (N-methyl/N-ethyl adjacent to an activating group) is 1. The van der Waals surface area contributed by atoms with Gasteiger partial charge in [-0.05, 0) is 13.0 Å². The lowest BCUT2D eigenvalue weighted by Gasteiger charge is -2.26. The minimum absolute atomic E-state index is 0.0135. The largest absolute Gasteiger partial charge is 0.306 e. The van der Waals surface area contributed by atoms with Crippen LogP contribution < -0.4 is 5.56 Å². The molecule has 0 bridgehead atoms. The fraction of sp³-hybridized carbons (Fsp3) is 0.333. The van der Waals surface area contributed by atoms with Crippen LogP contribution in [0.4, 0.5) is 0 Å². The highest BCUT2D eigenvalue weighted by atomic mass is 16.1. The summed E-state index contributed by atoms with van der Waals surface area (Å²) in [5, 5.41) is 0. The Bertz CT molecular complexity index is 634. The molecule has 4 heteroatoms. The molecule has 0 aliphatic carbocycles. The lowest BCUT2D eigenvalue weighted by molar-refractivity contribution is 0.262. The smallest absolute Gasteiger partial charge is 0.254 e. The average molecular weight is 255 g/mol. The van der Waals surface area contributed by atoms with E-state index in [0.717, 1.165) is 42.9 Å². The molecule has 1 aliphatic heterocycles. The molecule has 0 amide bonds. The van der Waals surface area contributed by atoms with Crippen LogP contribution in [0, 0.1) is 0 Å². The Hall–Kier alpha value is -1.94. The van der Waals surface area contributed by atoms with Crippen molar-refractivity contribution in [1.29, 1.82) is 0 Å². The molecule has 0 fully saturated rings. The van der Waals surface area contributed by atoms with Crippen LogP contribution in [0.1, 0.15) is 18.2 Å². The third kappa shape index (κ3) is 2.31. The number of hydrogen-bond acceptors (Lipinski definition) is 3. The van der Waals surface area contributed by atoms with Gasteiger partial charge < -0.3 is 4.98 Å². The fourth-order valence-electron chi connectivity index (χ4n) is 2.50. The first-order chi connectivity index (χ1) is 9.28. The maximum absolute atomic E-state index is 12.1. The molecule has 0 saturated heterocycles. The highest BCUT2D eigenvalue weighted by Gasteiger charge is 2.20. The average Bonchev–Trinajstić information content (AvgIpc) is 2.47. The number of nitrogens with zero attached hydrogens (tertiary/aromatic N) is 2. The first-order valence-electron chi connectivity index (χ1n) is 6.67. The lowest BCUT2D eigenvalue weighted by Crippen LogP contribution is -2.35. The standard InChI is InChI=1S/C15H17N3O/c1-2-18-9-8-12-13(10-18)16-14(17-15(12)19)11-6-4-3-5-7-11/h3-7H,2,8-10H2,1H3,(H,16,17,19). The third-order valence-corrected chi connectivity index (χ3v) is 3.65. The second kappa shape index (κ2) is 4.97. The van der Waals surface area contributed by atoms with Crippen molar-refractivity contribution in [1.82, 2.24) is 14.9 Å². The molecule has 1 aromatic heterocycles. The highest BCUT2D eigenvalue weighted by molar-refractivity contribution is 5.54. The van der Waals surface area contributed by atoms with Gasteiger partial charge >= 0.3 is 0 Å². The van der Waals surface area contributed by atoms with E-state index in [1.54, 1.807) is 0 Å². The van der Waals surface area contributed by atoms with Gasteiger partial charge in [0.05, 0.1) is 5.69 Å². The summed E-state index contributed by atoms with van der Waals surface area (Å²) >= 11 is 0. The van der Waals surface area contributed by atoms with Crippen LogP contribution in [0.5, 0.6) is 0 Å². The van der Waals surface area contributed by atoms with E-state index in [4.69, 9.17) is 0 Å². The van der Waals surface area contributed by atoms with Crippen molar-refractivity contribution in [3.63, 3.8) is 0 Å². The molecule has 0 atom stereocenters. The number of benzene rings is 1. The number of nitrogens with one attached hydrogen (secondary N) is 1. The summed E-state index contributed by atoms with van der Waals surface area (Å²) in [6.45, 7) is 4.85. The van der Waals surface area contributed by atoms with Gasteiger partial charge in [-0.15, -0.1) is 0 Å². The van der Waals surface area contributed by atoms with Crippen LogP contribution in [0.25, 0.3) is 11.4 Å². The predicted molar refractivity (Wildman–Crippen MR) is 74.9 cm³/mol. The first-order valence-corrected chi connectivity index (χ1v) is 6.67. The van der Waals surface area contributed by atoms with Gasteiger partial charge in [0.2, 0.25) is 0 Å². The lowest BCUT2D eigenvalue weighted by atomic mass is 10.1. The minimum Gasteiger partial charge on any atom is -0.306 e. The number of H-pyrrole nitrogens is 1. The summed E-state index contributed by atoms with van der Waals surface area (Å²) in [4.78, 5) is 22.0. The van der Waals surface area contributed by atoms with Gasteiger partial charge in [0.15, 0.2) is 0 Å². The van der Waals surface area contributed by atoms with E-state index in [2.05, 4.69) is 21.8 Å². The minimum atomic E-state index is 0.0135. The monoisotopic (exact) mass is 255 g/mol. The third-order valence-electron chi connectivity index (χ3n) is 3.65. The molecular weight excluding hydrogens is 238 g/mol. The van der Waals surface area contributed by atoms with E-state index in [9.17, 15) is 4.79 Å². The second-order valence-corrected chi connectivity index (χ2v) is 4.82. The van der Waals surface area contributed by atoms with Gasteiger partial charge in [0, 0.05) is 24.2 Å². The number of fused-ring (bicyclic) bond motifs is 1. The number of hydrogen-bond donors (Lipinski definition) is 1. The zero-order valence-electron chi connectivity index (χ0n) is 11.0. The van der Waals surface area contributed by atoms with Gasteiger partial charge in [-0.2, -0.15) is 0 Å². The molecule has 2 aromatic rings. The summed E-state index contributed by atoms with van der Waals surface area (Å²) in [6, 6.07) is 9.79. The van der Waals surface area contributed by atoms with Crippen LogP contribution in [-0.4, -0.2) is 28.0 Å². The predicted octanol–water partition coefficient (Wildman–Crippen LogP) is 1.81. The molecule has 0 saturated carbocycles. The van der Waals surface area contributed by atoms with Gasteiger partial charge in [0.1, 0.15) is 5.82 Å². The molecular formula is C15H17N3O. The van der Waals surface area contributed by atoms with Gasteiger partial charge in [-0.25, -0.2) is 4.98 Å². The molecule has 2 heterocycles. The Morgan fingerprint density at radius 1 is 1.32 bits per heavy atom. The molecule has 19 heavy (non-hydrogen) atoms. The van der Waals surface area contributed by atoms with E-state index in [1.165, 1.54) is 0 Å². The van der Waals surface area contributed by atoms with E-state index in [1.807, 2.05) is 30.3 Å². The van der Waals surface area contributed by atoms with Crippen molar-refractivity contribution in [3.8, 4) is 11.4 Å². The quantitative estimate of drug-likeness (QED) is 0.890. The summed E-state index contributed by atoms with van der Waals surface area (Å²) in [6.07, 6.45) is 0.792. The topological polar surface area (TPSA) is 49.0 Å². The van der Waals surface area contributed by atoms with Crippen LogP contribution in [0.3, 0.4) is 0 Å². The summed E-state index contributed by atoms with van der Waals surface area (Å²) in [5.41, 5.74) is 2.75. The number of rotatable bonds is 2. The molecule has 0 unspecified atom stereocenters. The molecule has 1 aliphatic rings. The maximum atomic E-state index is 12.1. The van der Waals surface area contributed by atoms with Crippen molar-refractivity contribution in [2.45, 2.75) is 19.9 Å². The molecule has 1 N–H and O–H groups in total. The van der Waals surface area contributed by atoms with Crippen molar-refractivity contribution in [3.05, 3.63) is 51.9 Å².